The number of hydrogen-bond acceptors (Lipinski definition) is 8. The summed E-state index contributed by atoms with van der Waals surface area (Å²) in [6.07, 6.45) is 7.04. The average molecular weight is 641 g/mol. The summed E-state index contributed by atoms with van der Waals surface area (Å²) in [6, 6.07) is 6.23. The number of carbonyl (C=O) groups excluding carboxylic acids is 3. The molecule has 4 rings (SSSR count). The number of thiazole rings is 1. The number of benzene rings is 1. The molecule has 2 amide bonds. The van der Waals surface area contributed by atoms with Gasteiger partial charge in [0.2, 0.25) is 5.91 Å². The van der Waals surface area contributed by atoms with Crippen LogP contribution in [0.5, 0.6) is 0 Å². The van der Waals surface area contributed by atoms with Crippen LogP contribution in [0.15, 0.2) is 52.9 Å². The van der Waals surface area contributed by atoms with Crippen molar-refractivity contribution < 1.29 is 29.1 Å². The number of aliphatic carboxylic acids is 1. The van der Waals surface area contributed by atoms with E-state index >= 15 is 0 Å². The van der Waals surface area contributed by atoms with E-state index in [1.54, 1.807) is 40.1 Å². The molecule has 2 aromatic rings. The summed E-state index contributed by atoms with van der Waals surface area (Å²) in [5, 5.41) is 24.9. The van der Waals surface area contributed by atoms with Crippen molar-refractivity contribution in [1.82, 2.24) is 9.88 Å². The quantitative estimate of drug-likeness (QED) is 0.314. The number of carboxylic acids is 1. The van der Waals surface area contributed by atoms with E-state index in [1.807, 2.05) is 19.9 Å². The summed E-state index contributed by atoms with van der Waals surface area (Å²) in [6.45, 7) is 7.18. The van der Waals surface area contributed by atoms with Crippen molar-refractivity contribution in [2.45, 2.75) is 58.5 Å². The predicted octanol–water partition coefficient (Wildman–Crippen LogP) is 3.96. The van der Waals surface area contributed by atoms with E-state index < -0.39 is 12.0 Å². The number of nitrogens with zero attached hydrogens (tertiary/aromatic N) is 3. The minimum absolute atomic E-state index is 0.0181. The van der Waals surface area contributed by atoms with E-state index in [0.29, 0.717) is 22.9 Å². The Morgan fingerprint density at radius 2 is 1.77 bits per heavy atom. The number of anilines is 1. The van der Waals surface area contributed by atoms with Crippen molar-refractivity contribution in [1.29, 1.82) is 0 Å². The van der Waals surface area contributed by atoms with Gasteiger partial charge in [-0.2, -0.15) is 0 Å². The first-order valence-corrected chi connectivity index (χ1v) is 16.3. The lowest BCUT2D eigenvalue weighted by molar-refractivity contribution is -0.870. The first-order valence-electron chi connectivity index (χ1n) is 14.9. The molecule has 1 atom stereocenters. The zero-order valence-corrected chi connectivity index (χ0v) is 28.0. The molecule has 44 heavy (non-hydrogen) atoms. The van der Waals surface area contributed by atoms with Gasteiger partial charge in [0.1, 0.15) is 12.2 Å². The summed E-state index contributed by atoms with van der Waals surface area (Å²) >= 11 is 6.93. The molecule has 1 aromatic carbocycles. The summed E-state index contributed by atoms with van der Waals surface area (Å²) in [7, 11) is 6.16. The third-order valence-corrected chi connectivity index (χ3v) is 8.83. The van der Waals surface area contributed by atoms with Crippen LogP contribution in [-0.4, -0.2) is 88.5 Å². The number of aromatic nitrogens is 1. The van der Waals surface area contributed by atoms with Gasteiger partial charge in [-0.25, -0.2) is 4.98 Å². The van der Waals surface area contributed by atoms with Gasteiger partial charge >= 0.3 is 0 Å². The standard InChI is InChI=1S/C28H31N3O4S2.C5H14NO/c1-16(2)31(27(33)19-6-4-17(3)5-7-19)24-13-20(12-22(25(24)36)28(34)35)18-8-10-21(11-9-18)30-26(32)23-14-37-15-29-23;1-6(2,3)4-5-7/h8-17,19,24H,4-7H2,1-3H3,(H,30,32)(H,34,35);7H,4-5H2,1-3H3/q;+1/p-1/t17-,19-,24?;. The van der Waals surface area contributed by atoms with Crippen LogP contribution in [0.1, 0.15) is 62.5 Å². The highest BCUT2D eigenvalue weighted by Crippen LogP contribution is 2.33. The van der Waals surface area contributed by atoms with E-state index in [-0.39, 0.29) is 40.8 Å². The maximum atomic E-state index is 13.7. The normalized spacial score (nSPS) is 20.2. The van der Waals surface area contributed by atoms with Crippen LogP contribution in [0, 0.1) is 11.8 Å². The minimum atomic E-state index is -1.37. The minimum Gasteiger partial charge on any atom is -0.545 e. The van der Waals surface area contributed by atoms with Crippen molar-refractivity contribution in [2.24, 2.45) is 11.8 Å². The Morgan fingerprint density at radius 1 is 1.14 bits per heavy atom. The molecule has 11 heteroatoms. The van der Waals surface area contributed by atoms with Crippen LogP contribution in [0.25, 0.3) is 5.57 Å². The van der Waals surface area contributed by atoms with Gasteiger partial charge in [0, 0.05) is 28.6 Å². The number of nitrogens with one attached hydrogen (secondary N) is 1. The van der Waals surface area contributed by atoms with Crippen LogP contribution in [-0.2, 0) is 9.59 Å². The van der Waals surface area contributed by atoms with E-state index in [2.05, 4.69) is 38.4 Å². The number of rotatable bonds is 9. The molecule has 1 fully saturated rings. The van der Waals surface area contributed by atoms with E-state index in [1.165, 1.54) is 17.4 Å². The molecule has 1 saturated carbocycles. The Labute approximate surface area is 269 Å². The summed E-state index contributed by atoms with van der Waals surface area (Å²) in [5.74, 6) is -1.13. The Bertz CT molecular complexity index is 1370. The number of quaternary nitrogens is 1. The van der Waals surface area contributed by atoms with Crippen LogP contribution >= 0.6 is 23.6 Å². The molecule has 0 saturated heterocycles. The van der Waals surface area contributed by atoms with Gasteiger partial charge in [-0.3, -0.25) is 9.59 Å². The molecule has 2 aliphatic rings. The number of allylic oxidation sites excluding steroid dienone is 2. The largest absolute Gasteiger partial charge is 0.545 e. The number of amides is 2. The second-order valence-electron chi connectivity index (χ2n) is 12.7. The maximum Gasteiger partial charge on any atom is 0.275 e. The molecule has 0 radical (unpaired) electrons. The molecule has 1 aromatic heterocycles. The lowest BCUT2D eigenvalue weighted by Crippen LogP contribution is -2.52. The fraction of sp³-hybridized carbons (Fsp3) is 0.485. The number of aliphatic hydroxyl groups is 1. The van der Waals surface area contributed by atoms with Gasteiger partial charge in [0.15, 0.2) is 0 Å². The smallest absolute Gasteiger partial charge is 0.275 e. The fourth-order valence-corrected chi connectivity index (χ4v) is 6.08. The van der Waals surface area contributed by atoms with Gasteiger partial charge in [-0.05, 0) is 80.9 Å². The molecule has 1 heterocycles. The molecular weight excluding hydrogens is 597 g/mol. The van der Waals surface area contributed by atoms with Crippen LogP contribution in [0.4, 0.5) is 5.69 Å². The zero-order chi connectivity index (χ0) is 32.6. The third kappa shape index (κ3) is 9.62. The molecule has 9 nitrogen and oxygen atoms in total. The Morgan fingerprint density at radius 3 is 2.25 bits per heavy atom. The van der Waals surface area contributed by atoms with Crippen LogP contribution < -0.4 is 10.4 Å². The SMILES string of the molecule is CC(C)N(C(=O)[C@H]1CC[C@H](C)CC1)C1C=C(c2ccc(NC(=O)c3cscn3)cc2)C=C(C(=O)[O-])C1=S.C[N+](C)(C)CCO. The van der Waals surface area contributed by atoms with Gasteiger partial charge in [-0.1, -0.05) is 31.3 Å². The molecule has 0 bridgehead atoms. The Hall–Kier alpha value is -3.25. The molecule has 1 unspecified atom stereocenters. The summed E-state index contributed by atoms with van der Waals surface area (Å²) < 4.78 is 0.844. The summed E-state index contributed by atoms with van der Waals surface area (Å²) in [4.78, 5) is 43.9. The van der Waals surface area contributed by atoms with Crippen molar-refractivity contribution in [3.63, 3.8) is 0 Å². The number of hydrogen-bond donors (Lipinski definition) is 2. The molecule has 0 spiro atoms. The molecule has 2 N–H and O–H groups in total. The van der Waals surface area contributed by atoms with E-state index in [0.717, 1.165) is 42.3 Å². The lowest BCUT2D eigenvalue weighted by Gasteiger charge is -2.40. The highest BCUT2D eigenvalue weighted by Gasteiger charge is 2.36. The van der Waals surface area contributed by atoms with Crippen LogP contribution in [0.3, 0.4) is 0 Å². The number of carboxylic acid groups (broad SMARTS) is 1. The van der Waals surface area contributed by atoms with E-state index in [4.69, 9.17) is 17.3 Å². The van der Waals surface area contributed by atoms with E-state index in [9.17, 15) is 19.5 Å². The number of likely N-dealkylation sites (N-methyl/N-ethyl adjacent to an activating group) is 1. The van der Waals surface area contributed by atoms with Gasteiger partial charge in [0.05, 0.1) is 50.1 Å². The number of aliphatic hydroxyl groups excluding tert-OH is 1. The van der Waals surface area contributed by atoms with Gasteiger partial charge in [-0.15, -0.1) is 11.3 Å². The van der Waals surface area contributed by atoms with Crippen molar-refractivity contribution in [3.05, 3.63) is 64.1 Å². The molecule has 0 aliphatic heterocycles. The van der Waals surface area contributed by atoms with Crippen molar-refractivity contribution >= 4 is 57.5 Å². The molecule has 238 valence electrons. The zero-order valence-electron chi connectivity index (χ0n) is 26.4. The highest BCUT2D eigenvalue weighted by atomic mass is 32.1. The third-order valence-electron chi connectivity index (χ3n) is 7.78. The number of carbonyl (C=O) groups is 3. The fourth-order valence-electron chi connectivity index (χ4n) is 5.22. The first kappa shape index (κ1) is 35.2. The number of thiocarbonyl (C=S) groups is 1. The first-order chi connectivity index (χ1) is 20.7. The molecular formula is C33H44N4O5S2. The van der Waals surface area contributed by atoms with Gasteiger partial charge < -0.3 is 29.7 Å². The highest BCUT2D eigenvalue weighted by molar-refractivity contribution is 7.81. The molecule has 2 aliphatic carbocycles. The Kier molecular flexibility index (Phi) is 12.5. The van der Waals surface area contributed by atoms with Gasteiger partial charge in [0.25, 0.3) is 5.91 Å². The van der Waals surface area contributed by atoms with Crippen LogP contribution in [0.2, 0.25) is 0 Å². The van der Waals surface area contributed by atoms with Crippen molar-refractivity contribution in [3.8, 4) is 0 Å². The van der Waals surface area contributed by atoms with Crippen molar-refractivity contribution in [2.75, 3.05) is 39.6 Å². The average Bonchev–Trinajstić information content (AvgIpc) is 3.50. The topological polar surface area (TPSA) is 123 Å². The second-order valence-corrected chi connectivity index (χ2v) is 13.9. The summed E-state index contributed by atoms with van der Waals surface area (Å²) in [5.41, 5.74) is 3.79. The predicted molar refractivity (Wildman–Crippen MR) is 177 cm³/mol. The lowest BCUT2D eigenvalue weighted by atomic mass is 9.81. The monoisotopic (exact) mass is 640 g/mol. The second kappa shape index (κ2) is 15.7. The maximum absolute atomic E-state index is 13.7. The Balaban J connectivity index is 0.000000676.